The maximum absolute atomic E-state index is 11.6. The van der Waals surface area contributed by atoms with E-state index in [-0.39, 0.29) is 5.56 Å². The van der Waals surface area contributed by atoms with Crippen molar-refractivity contribution in [3.63, 3.8) is 0 Å². The van der Waals surface area contributed by atoms with E-state index in [4.69, 9.17) is 5.73 Å². The van der Waals surface area contributed by atoms with Crippen LogP contribution in [0.3, 0.4) is 0 Å². The lowest BCUT2D eigenvalue weighted by Gasteiger charge is -2.20. The van der Waals surface area contributed by atoms with Crippen LogP contribution in [0.15, 0.2) is 10.9 Å². The molecule has 0 aliphatic heterocycles. The van der Waals surface area contributed by atoms with Crippen LogP contribution in [0.25, 0.3) is 0 Å². The van der Waals surface area contributed by atoms with Gasteiger partial charge in [0.1, 0.15) is 5.82 Å². The summed E-state index contributed by atoms with van der Waals surface area (Å²) in [5.74, 6) is 3.01. The molecule has 2 aliphatic rings. The highest BCUT2D eigenvalue weighted by atomic mass is 16.1. The summed E-state index contributed by atoms with van der Waals surface area (Å²) in [4.78, 5) is 19.1. The Morgan fingerprint density at radius 2 is 2.29 bits per heavy atom. The molecule has 2 fully saturated rings. The number of hydrogen-bond acceptors (Lipinski definition) is 3. The van der Waals surface area contributed by atoms with Crippen LogP contribution in [-0.2, 0) is 6.42 Å². The molecule has 1 heterocycles. The maximum Gasteiger partial charge on any atom is 0.251 e. The Morgan fingerprint density at radius 1 is 1.41 bits per heavy atom. The van der Waals surface area contributed by atoms with Crippen molar-refractivity contribution >= 4 is 0 Å². The molecule has 0 spiro atoms. The van der Waals surface area contributed by atoms with Gasteiger partial charge in [-0.15, -0.1) is 0 Å². The molecule has 3 atom stereocenters. The average molecular weight is 233 g/mol. The van der Waals surface area contributed by atoms with Gasteiger partial charge in [0.05, 0.1) is 0 Å². The molecule has 0 amide bonds. The third kappa shape index (κ3) is 2.02. The molecule has 92 valence electrons. The first-order valence-corrected chi connectivity index (χ1v) is 6.56. The van der Waals surface area contributed by atoms with Gasteiger partial charge in [-0.2, -0.15) is 0 Å². The molecule has 0 radical (unpaired) electrons. The number of rotatable bonds is 3. The van der Waals surface area contributed by atoms with Crippen LogP contribution in [0.4, 0.5) is 0 Å². The van der Waals surface area contributed by atoms with Gasteiger partial charge in [-0.3, -0.25) is 4.79 Å². The largest absolute Gasteiger partial charge is 0.330 e. The molecule has 4 heteroatoms. The van der Waals surface area contributed by atoms with Gasteiger partial charge >= 0.3 is 0 Å². The van der Waals surface area contributed by atoms with Crippen LogP contribution >= 0.6 is 0 Å². The molecule has 1 aromatic heterocycles. The molecule has 2 aliphatic carbocycles. The summed E-state index contributed by atoms with van der Waals surface area (Å²) in [6, 6.07) is 1.57. The lowest BCUT2D eigenvalue weighted by molar-refractivity contribution is 0.403. The number of H-pyrrole nitrogens is 1. The Kier molecular flexibility index (Phi) is 2.74. The first-order chi connectivity index (χ1) is 8.26. The predicted octanol–water partition coefficient (Wildman–Crippen LogP) is 1.17. The average Bonchev–Trinajstić information content (AvgIpc) is 2.90. The Bertz CT molecular complexity index is 468. The van der Waals surface area contributed by atoms with Gasteiger partial charge in [-0.25, -0.2) is 4.98 Å². The van der Waals surface area contributed by atoms with Crippen molar-refractivity contribution in [2.45, 2.75) is 38.0 Å². The van der Waals surface area contributed by atoms with Crippen LogP contribution in [-0.4, -0.2) is 16.5 Å². The third-order valence-electron chi connectivity index (χ3n) is 4.30. The van der Waals surface area contributed by atoms with Crippen LogP contribution < -0.4 is 11.3 Å². The zero-order valence-electron chi connectivity index (χ0n) is 9.98. The first-order valence-electron chi connectivity index (χ1n) is 6.56. The first kappa shape index (κ1) is 11.0. The van der Waals surface area contributed by atoms with Crippen molar-refractivity contribution in [1.29, 1.82) is 0 Å². The molecular formula is C13H19N3O. The molecule has 2 bridgehead atoms. The lowest BCUT2D eigenvalue weighted by Crippen LogP contribution is -2.20. The summed E-state index contributed by atoms with van der Waals surface area (Å²) < 4.78 is 0. The molecule has 1 aromatic rings. The minimum absolute atomic E-state index is 0.0266. The number of aromatic amines is 1. The fourth-order valence-electron chi connectivity index (χ4n) is 3.56. The van der Waals surface area contributed by atoms with E-state index in [1.54, 1.807) is 6.07 Å². The minimum atomic E-state index is -0.0266. The molecule has 0 aromatic carbocycles. The van der Waals surface area contributed by atoms with Crippen molar-refractivity contribution in [1.82, 2.24) is 9.97 Å². The summed E-state index contributed by atoms with van der Waals surface area (Å²) in [6.07, 6.45) is 5.90. The van der Waals surface area contributed by atoms with Gasteiger partial charge in [-0.1, -0.05) is 6.42 Å². The van der Waals surface area contributed by atoms with Gasteiger partial charge in [0.15, 0.2) is 0 Å². The van der Waals surface area contributed by atoms with E-state index in [0.717, 1.165) is 23.4 Å². The van der Waals surface area contributed by atoms with E-state index in [1.165, 1.54) is 25.7 Å². The van der Waals surface area contributed by atoms with Crippen molar-refractivity contribution in [3.8, 4) is 0 Å². The van der Waals surface area contributed by atoms with Gasteiger partial charge in [-0.05, 0) is 37.6 Å². The number of nitrogens with zero attached hydrogens (tertiary/aromatic N) is 1. The number of fused-ring (bicyclic) bond motifs is 2. The van der Waals surface area contributed by atoms with Crippen LogP contribution in [0, 0.1) is 11.8 Å². The molecule has 3 N–H and O–H groups in total. The highest BCUT2D eigenvalue weighted by Gasteiger charge is 2.41. The number of nitrogens with one attached hydrogen (secondary N) is 1. The zero-order valence-corrected chi connectivity index (χ0v) is 9.98. The van der Waals surface area contributed by atoms with Crippen LogP contribution in [0.2, 0.25) is 0 Å². The highest BCUT2D eigenvalue weighted by Crippen LogP contribution is 2.51. The molecular weight excluding hydrogens is 214 g/mol. The van der Waals surface area contributed by atoms with Crippen molar-refractivity contribution in [2.24, 2.45) is 17.6 Å². The third-order valence-corrected chi connectivity index (χ3v) is 4.30. The maximum atomic E-state index is 11.6. The summed E-state index contributed by atoms with van der Waals surface area (Å²) >= 11 is 0. The normalized spacial score (nSPS) is 31.0. The molecule has 0 saturated heterocycles. The molecule has 17 heavy (non-hydrogen) atoms. The van der Waals surface area contributed by atoms with E-state index < -0.39 is 0 Å². The predicted molar refractivity (Wildman–Crippen MR) is 65.8 cm³/mol. The zero-order chi connectivity index (χ0) is 11.8. The Morgan fingerprint density at radius 3 is 2.94 bits per heavy atom. The van der Waals surface area contributed by atoms with Crippen molar-refractivity contribution < 1.29 is 0 Å². The van der Waals surface area contributed by atoms with E-state index in [0.29, 0.717) is 18.9 Å². The summed E-state index contributed by atoms with van der Waals surface area (Å²) in [5.41, 5.74) is 6.34. The van der Waals surface area contributed by atoms with Crippen molar-refractivity contribution in [2.75, 3.05) is 6.54 Å². The van der Waals surface area contributed by atoms with Crippen molar-refractivity contribution in [3.05, 3.63) is 27.9 Å². The van der Waals surface area contributed by atoms with Gasteiger partial charge in [0.2, 0.25) is 0 Å². The SMILES string of the molecule is NCCc1cc(=O)[nH]c(C2CC3CCC2C3)n1. The highest BCUT2D eigenvalue weighted by molar-refractivity contribution is 5.11. The second-order valence-corrected chi connectivity index (χ2v) is 5.44. The van der Waals surface area contributed by atoms with E-state index >= 15 is 0 Å². The lowest BCUT2D eigenvalue weighted by atomic mass is 9.88. The topological polar surface area (TPSA) is 71.8 Å². The second kappa shape index (κ2) is 4.26. The van der Waals surface area contributed by atoms with E-state index in [9.17, 15) is 4.79 Å². The number of hydrogen-bond donors (Lipinski definition) is 2. The van der Waals surface area contributed by atoms with Gasteiger partial charge in [0.25, 0.3) is 5.56 Å². The summed E-state index contributed by atoms with van der Waals surface area (Å²) in [5, 5.41) is 0. The fourth-order valence-corrected chi connectivity index (χ4v) is 3.56. The van der Waals surface area contributed by atoms with Gasteiger partial charge < -0.3 is 10.7 Å². The smallest absolute Gasteiger partial charge is 0.251 e. The van der Waals surface area contributed by atoms with E-state index in [1.807, 2.05) is 0 Å². The van der Waals surface area contributed by atoms with Gasteiger partial charge in [0, 0.05) is 24.1 Å². The van der Waals surface area contributed by atoms with Crippen LogP contribution in [0.1, 0.15) is 43.1 Å². The molecule has 3 rings (SSSR count). The monoisotopic (exact) mass is 233 g/mol. The quantitative estimate of drug-likeness (QED) is 0.823. The standard InChI is InChI=1S/C13H19N3O/c14-4-3-10-7-12(17)16-13(15-10)11-6-8-1-2-9(11)5-8/h7-9,11H,1-6,14H2,(H,15,16,17). The second-order valence-electron chi connectivity index (χ2n) is 5.44. The number of nitrogens with two attached hydrogens (primary N) is 1. The Labute approximate surface area is 101 Å². The molecule has 3 unspecified atom stereocenters. The van der Waals surface area contributed by atoms with E-state index in [2.05, 4.69) is 9.97 Å². The Hall–Kier alpha value is -1.16. The summed E-state index contributed by atoms with van der Waals surface area (Å²) in [6.45, 7) is 0.548. The molecule has 2 saturated carbocycles. The summed E-state index contributed by atoms with van der Waals surface area (Å²) in [7, 11) is 0. The Balaban J connectivity index is 1.89. The number of aromatic nitrogens is 2. The molecule has 4 nitrogen and oxygen atoms in total. The van der Waals surface area contributed by atoms with Crippen LogP contribution in [0.5, 0.6) is 0 Å². The fraction of sp³-hybridized carbons (Fsp3) is 0.692. The minimum Gasteiger partial charge on any atom is -0.330 e.